The van der Waals surface area contributed by atoms with Crippen LogP contribution in [0.1, 0.15) is 24.8 Å². The number of hydrogen-bond acceptors (Lipinski definition) is 4. The zero-order valence-corrected chi connectivity index (χ0v) is 12.5. The molecule has 0 spiro atoms. The fourth-order valence-corrected chi connectivity index (χ4v) is 2.58. The van der Waals surface area contributed by atoms with E-state index in [2.05, 4.69) is 4.90 Å². The lowest BCUT2D eigenvalue weighted by Crippen LogP contribution is -2.38. The SMILES string of the molecule is COc1ccccc1COC1CCN(CCC(=O)O)CC1. The lowest BCUT2D eigenvalue weighted by molar-refractivity contribution is -0.137. The Morgan fingerprint density at radius 1 is 1.33 bits per heavy atom. The Morgan fingerprint density at radius 2 is 2.05 bits per heavy atom. The van der Waals surface area contributed by atoms with Crippen LogP contribution in [0.15, 0.2) is 24.3 Å². The standard InChI is InChI=1S/C16H23NO4/c1-20-15-5-3-2-4-13(15)12-21-14-6-9-17(10-7-14)11-8-16(18)19/h2-5,14H,6-12H2,1H3,(H,18,19). The monoisotopic (exact) mass is 293 g/mol. The van der Waals surface area contributed by atoms with Crippen LogP contribution in [0.4, 0.5) is 0 Å². The molecule has 0 radical (unpaired) electrons. The molecule has 5 nitrogen and oxygen atoms in total. The van der Waals surface area contributed by atoms with Crippen molar-refractivity contribution in [3.8, 4) is 5.75 Å². The Balaban J connectivity index is 1.72. The number of hydrogen-bond donors (Lipinski definition) is 1. The molecule has 21 heavy (non-hydrogen) atoms. The van der Waals surface area contributed by atoms with Gasteiger partial charge in [0.2, 0.25) is 0 Å². The van der Waals surface area contributed by atoms with Crippen LogP contribution >= 0.6 is 0 Å². The molecule has 1 aromatic rings. The molecule has 1 N–H and O–H groups in total. The lowest BCUT2D eigenvalue weighted by atomic mass is 10.1. The summed E-state index contributed by atoms with van der Waals surface area (Å²) in [4.78, 5) is 12.8. The predicted octanol–water partition coefficient (Wildman–Crippen LogP) is 2.15. The van der Waals surface area contributed by atoms with Gasteiger partial charge in [-0.15, -0.1) is 0 Å². The van der Waals surface area contributed by atoms with Crippen molar-refractivity contribution < 1.29 is 19.4 Å². The van der Waals surface area contributed by atoms with Crippen molar-refractivity contribution in [1.82, 2.24) is 4.90 Å². The maximum atomic E-state index is 10.6. The minimum atomic E-state index is -0.732. The van der Waals surface area contributed by atoms with Gasteiger partial charge in [0.25, 0.3) is 0 Å². The van der Waals surface area contributed by atoms with E-state index >= 15 is 0 Å². The summed E-state index contributed by atoms with van der Waals surface area (Å²) in [5, 5.41) is 8.69. The molecule has 1 heterocycles. The minimum absolute atomic E-state index is 0.215. The number of nitrogens with zero attached hydrogens (tertiary/aromatic N) is 1. The van der Waals surface area contributed by atoms with Crippen LogP contribution in [0.2, 0.25) is 0 Å². The first-order chi connectivity index (χ1) is 10.2. The molecule has 0 aromatic heterocycles. The highest BCUT2D eigenvalue weighted by molar-refractivity contribution is 5.66. The van der Waals surface area contributed by atoms with Gasteiger partial charge in [0.15, 0.2) is 0 Å². The average Bonchev–Trinajstić information content (AvgIpc) is 2.52. The Labute approximate surface area is 125 Å². The predicted molar refractivity (Wildman–Crippen MR) is 79.5 cm³/mol. The van der Waals surface area contributed by atoms with Gasteiger partial charge < -0.3 is 19.5 Å². The highest BCUT2D eigenvalue weighted by Gasteiger charge is 2.20. The van der Waals surface area contributed by atoms with Crippen molar-refractivity contribution in [2.24, 2.45) is 0 Å². The Morgan fingerprint density at radius 3 is 2.71 bits per heavy atom. The largest absolute Gasteiger partial charge is 0.496 e. The van der Waals surface area contributed by atoms with E-state index in [-0.39, 0.29) is 12.5 Å². The van der Waals surface area contributed by atoms with E-state index in [0.29, 0.717) is 13.2 Å². The molecule has 0 unspecified atom stereocenters. The van der Waals surface area contributed by atoms with Crippen molar-refractivity contribution >= 4 is 5.97 Å². The first-order valence-electron chi connectivity index (χ1n) is 7.36. The van der Waals surface area contributed by atoms with Crippen LogP contribution in [0.25, 0.3) is 0 Å². The van der Waals surface area contributed by atoms with Gasteiger partial charge in [0.05, 0.1) is 26.2 Å². The van der Waals surface area contributed by atoms with Crippen molar-refractivity contribution in [1.29, 1.82) is 0 Å². The second-order valence-electron chi connectivity index (χ2n) is 5.31. The summed E-state index contributed by atoms with van der Waals surface area (Å²) in [6.07, 6.45) is 2.37. The van der Waals surface area contributed by atoms with Gasteiger partial charge in [0.1, 0.15) is 5.75 Å². The summed E-state index contributed by atoms with van der Waals surface area (Å²) in [7, 11) is 1.67. The molecule has 0 bridgehead atoms. The molecule has 1 aliphatic heterocycles. The minimum Gasteiger partial charge on any atom is -0.496 e. The second-order valence-corrected chi connectivity index (χ2v) is 5.31. The van der Waals surface area contributed by atoms with Crippen LogP contribution in [-0.4, -0.2) is 48.8 Å². The Hall–Kier alpha value is -1.59. The van der Waals surface area contributed by atoms with E-state index < -0.39 is 5.97 Å². The van der Waals surface area contributed by atoms with Gasteiger partial charge >= 0.3 is 5.97 Å². The molecule has 1 saturated heterocycles. The fraction of sp³-hybridized carbons (Fsp3) is 0.562. The Kier molecular flexibility index (Phi) is 6.02. The van der Waals surface area contributed by atoms with E-state index in [4.69, 9.17) is 14.6 Å². The van der Waals surface area contributed by atoms with Crippen LogP contribution < -0.4 is 4.74 Å². The number of likely N-dealkylation sites (tertiary alicyclic amines) is 1. The normalized spacial score (nSPS) is 16.8. The van der Waals surface area contributed by atoms with Crippen LogP contribution in [0, 0.1) is 0 Å². The first-order valence-corrected chi connectivity index (χ1v) is 7.36. The summed E-state index contributed by atoms with van der Waals surface area (Å²) < 4.78 is 11.3. The number of aliphatic carboxylic acids is 1. The van der Waals surface area contributed by atoms with Gasteiger partial charge in [0, 0.05) is 25.2 Å². The molecular formula is C16H23NO4. The summed E-state index contributed by atoms with van der Waals surface area (Å²) in [6.45, 7) is 3.01. The maximum absolute atomic E-state index is 10.6. The van der Waals surface area contributed by atoms with Gasteiger partial charge in [-0.05, 0) is 18.9 Å². The molecule has 2 rings (SSSR count). The number of carbonyl (C=O) groups is 1. The Bertz CT molecular complexity index is 455. The van der Waals surface area contributed by atoms with E-state index in [0.717, 1.165) is 37.2 Å². The van der Waals surface area contributed by atoms with Crippen LogP contribution in [-0.2, 0) is 16.1 Å². The molecule has 1 aromatic carbocycles. The molecule has 0 atom stereocenters. The number of piperidine rings is 1. The van der Waals surface area contributed by atoms with E-state index in [1.165, 1.54) is 0 Å². The highest BCUT2D eigenvalue weighted by Crippen LogP contribution is 2.21. The molecule has 116 valence electrons. The number of benzene rings is 1. The third-order valence-corrected chi connectivity index (χ3v) is 3.84. The zero-order valence-electron chi connectivity index (χ0n) is 12.5. The number of carboxylic acid groups (broad SMARTS) is 1. The van der Waals surface area contributed by atoms with Gasteiger partial charge in [-0.25, -0.2) is 0 Å². The summed E-state index contributed by atoms with van der Waals surface area (Å²) in [5.41, 5.74) is 1.06. The van der Waals surface area contributed by atoms with E-state index in [1.54, 1.807) is 7.11 Å². The number of para-hydroxylation sites is 1. The van der Waals surface area contributed by atoms with Crippen molar-refractivity contribution in [2.45, 2.75) is 32.0 Å². The van der Waals surface area contributed by atoms with Gasteiger partial charge in [-0.2, -0.15) is 0 Å². The topological polar surface area (TPSA) is 59.0 Å². The molecular weight excluding hydrogens is 270 g/mol. The van der Waals surface area contributed by atoms with Gasteiger partial charge in [-0.3, -0.25) is 4.79 Å². The number of ether oxygens (including phenoxy) is 2. The lowest BCUT2D eigenvalue weighted by Gasteiger charge is -2.31. The summed E-state index contributed by atoms with van der Waals surface area (Å²) in [5.74, 6) is 0.126. The number of carboxylic acids is 1. The highest BCUT2D eigenvalue weighted by atomic mass is 16.5. The number of methoxy groups -OCH3 is 1. The van der Waals surface area contributed by atoms with Crippen molar-refractivity contribution in [3.05, 3.63) is 29.8 Å². The molecule has 0 saturated carbocycles. The first kappa shape index (κ1) is 15.8. The average molecular weight is 293 g/mol. The molecule has 1 fully saturated rings. The zero-order chi connectivity index (χ0) is 15.1. The van der Waals surface area contributed by atoms with Crippen LogP contribution in [0.3, 0.4) is 0 Å². The maximum Gasteiger partial charge on any atom is 0.304 e. The smallest absolute Gasteiger partial charge is 0.304 e. The van der Waals surface area contributed by atoms with Crippen molar-refractivity contribution in [3.63, 3.8) is 0 Å². The van der Waals surface area contributed by atoms with Crippen molar-refractivity contribution in [2.75, 3.05) is 26.7 Å². The fourth-order valence-electron chi connectivity index (χ4n) is 2.58. The molecule has 1 aliphatic rings. The number of rotatable bonds is 7. The van der Waals surface area contributed by atoms with Crippen LogP contribution in [0.5, 0.6) is 5.75 Å². The quantitative estimate of drug-likeness (QED) is 0.834. The molecule has 5 heteroatoms. The molecule has 0 amide bonds. The van der Waals surface area contributed by atoms with E-state index in [1.807, 2.05) is 24.3 Å². The van der Waals surface area contributed by atoms with Gasteiger partial charge in [-0.1, -0.05) is 18.2 Å². The third kappa shape index (κ3) is 5.02. The van der Waals surface area contributed by atoms with E-state index in [9.17, 15) is 4.79 Å². The third-order valence-electron chi connectivity index (χ3n) is 3.84. The summed E-state index contributed by atoms with van der Waals surface area (Å²) in [6, 6.07) is 7.88. The summed E-state index contributed by atoms with van der Waals surface area (Å²) >= 11 is 0. The second kappa shape index (κ2) is 8.00. The molecule has 0 aliphatic carbocycles.